The Kier molecular flexibility index (Phi) is 5.41. The van der Waals surface area contributed by atoms with Crippen LogP contribution in [0.25, 0.3) is 5.57 Å². The van der Waals surface area contributed by atoms with E-state index in [1.807, 2.05) is 30.3 Å². The molecule has 0 fully saturated rings. The van der Waals surface area contributed by atoms with Crippen molar-refractivity contribution in [2.45, 2.75) is 13.2 Å². The number of nitro groups is 1. The highest BCUT2D eigenvalue weighted by atomic mass is 16.6. The molecule has 1 amide bonds. The average Bonchev–Trinajstić information content (AvgIpc) is 2.79. The van der Waals surface area contributed by atoms with Gasteiger partial charge in [0, 0.05) is 23.4 Å². The Morgan fingerprint density at radius 1 is 0.968 bits per heavy atom. The highest BCUT2D eigenvalue weighted by molar-refractivity contribution is 6.27. The second kappa shape index (κ2) is 8.31. The molecule has 0 aliphatic carbocycles. The number of amides is 1. The van der Waals surface area contributed by atoms with Crippen LogP contribution in [0, 0.1) is 10.1 Å². The van der Waals surface area contributed by atoms with E-state index >= 15 is 0 Å². The van der Waals surface area contributed by atoms with Crippen LogP contribution in [-0.2, 0) is 9.53 Å². The Morgan fingerprint density at radius 3 is 2.19 bits per heavy atom. The monoisotopic (exact) mass is 416 g/mol. The number of ether oxygens (including phenoxy) is 2. The van der Waals surface area contributed by atoms with E-state index < -0.39 is 11.2 Å². The first-order valence-electron chi connectivity index (χ1n) is 9.64. The molecule has 31 heavy (non-hydrogen) atoms. The predicted octanol–water partition coefficient (Wildman–Crippen LogP) is 5.10. The molecule has 3 aromatic carbocycles. The zero-order valence-corrected chi connectivity index (χ0v) is 17.0. The molecule has 3 aromatic rings. The van der Waals surface area contributed by atoms with Gasteiger partial charge in [-0.25, -0.2) is 0 Å². The molecule has 0 saturated heterocycles. The number of nitrogens with zero attached hydrogens (tertiary/aromatic N) is 2. The number of hydrogen-bond acceptors (Lipinski definition) is 5. The van der Waals surface area contributed by atoms with Crippen molar-refractivity contribution in [2.24, 2.45) is 0 Å². The SMILES string of the molecule is COc1ccc(N2C(=O)C(c3ccccc3)=C(C)OC2c2ccc([N+](=O)[O-])cc2)cc1. The topological polar surface area (TPSA) is 81.9 Å². The lowest BCUT2D eigenvalue weighted by Crippen LogP contribution is -2.40. The van der Waals surface area contributed by atoms with Crippen LogP contribution in [0.4, 0.5) is 11.4 Å². The fourth-order valence-corrected chi connectivity index (χ4v) is 3.56. The summed E-state index contributed by atoms with van der Waals surface area (Å²) in [6.45, 7) is 1.75. The number of anilines is 1. The lowest BCUT2D eigenvalue weighted by atomic mass is 10.00. The van der Waals surface area contributed by atoms with Crippen molar-refractivity contribution in [3.8, 4) is 5.75 Å². The number of non-ortho nitro benzene ring substituents is 1. The van der Waals surface area contributed by atoms with Crippen molar-refractivity contribution in [1.82, 2.24) is 0 Å². The fourth-order valence-electron chi connectivity index (χ4n) is 3.56. The van der Waals surface area contributed by atoms with Gasteiger partial charge >= 0.3 is 0 Å². The first-order valence-corrected chi connectivity index (χ1v) is 9.64. The normalized spacial score (nSPS) is 16.1. The molecular formula is C24H20N2O5. The Morgan fingerprint density at radius 2 is 1.61 bits per heavy atom. The summed E-state index contributed by atoms with van der Waals surface area (Å²) in [5, 5.41) is 11.0. The first kappa shape index (κ1) is 20.2. The molecule has 0 radical (unpaired) electrons. The number of carbonyl (C=O) groups is 1. The van der Waals surface area contributed by atoms with Gasteiger partial charge in [0.15, 0.2) is 0 Å². The van der Waals surface area contributed by atoms with Crippen molar-refractivity contribution >= 4 is 22.9 Å². The first-order chi connectivity index (χ1) is 15.0. The molecule has 0 N–H and O–H groups in total. The summed E-state index contributed by atoms with van der Waals surface area (Å²) >= 11 is 0. The molecule has 1 aliphatic heterocycles. The molecule has 0 bridgehead atoms. The smallest absolute Gasteiger partial charge is 0.269 e. The second-order valence-electron chi connectivity index (χ2n) is 6.99. The summed E-state index contributed by atoms with van der Waals surface area (Å²) in [5.74, 6) is 0.934. The summed E-state index contributed by atoms with van der Waals surface area (Å²) in [7, 11) is 1.57. The maximum Gasteiger partial charge on any atom is 0.269 e. The maximum absolute atomic E-state index is 13.7. The van der Waals surface area contributed by atoms with Gasteiger partial charge in [0.25, 0.3) is 11.6 Å². The minimum absolute atomic E-state index is 0.0286. The van der Waals surface area contributed by atoms with Gasteiger partial charge in [0.05, 0.1) is 17.6 Å². The van der Waals surface area contributed by atoms with E-state index in [0.29, 0.717) is 28.3 Å². The summed E-state index contributed by atoms with van der Waals surface area (Å²) in [4.78, 5) is 25.8. The lowest BCUT2D eigenvalue weighted by Gasteiger charge is -2.37. The molecule has 1 atom stereocenters. The molecular weight excluding hydrogens is 396 g/mol. The van der Waals surface area contributed by atoms with Crippen molar-refractivity contribution in [3.63, 3.8) is 0 Å². The molecule has 7 nitrogen and oxygen atoms in total. The zero-order chi connectivity index (χ0) is 22.0. The summed E-state index contributed by atoms with van der Waals surface area (Å²) in [5.41, 5.74) is 2.44. The minimum atomic E-state index is -0.769. The van der Waals surface area contributed by atoms with E-state index in [2.05, 4.69) is 0 Å². The molecule has 0 spiro atoms. The number of hydrogen-bond donors (Lipinski definition) is 0. The third kappa shape index (κ3) is 3.85. The molecule has 1 unspecified atom stereocenters. The number of nitro benzene ring substituents is 1. The molecule has 7 heteroatoms. The van der Waals surface area contributed by atoms with Gasteiger partial charge in [-0.1, -0.05) is 30.3 Å². The predicted molar refractivity (Wildman–Crippen MR) is 116 cm³/mol. The molecule has 1 aliphatic rings. The van der Waals surface area contributed by atoms with E-state index in [9.17, 15) is 14.9 Å². The van der Waals surface area contributed by atoms with Gasteiger partial charge in [-0.2, -0.15) is 0 Å². The number of benzene rings is 3. The van der Waals surface area contributed by atoms with Gasteiger partial charge in [-0.15, -0.1) is 0 Å². The molecule has 156 valence electrons. The van der Waals surface area contributed by atoms with Crippen LogP contribution < -0.4 is 9.64 Å². The Labute approximate surface area is 179 Å². The van der Waals surface area contributed by atoms with Gasteiger partial charge < -0.3 is 9.47 Å². The van der Waals surface area contributed by atoms with Crippen LogP contribution in [0.2, 0.25) is 0 Å². The molecule has 1 heterocycles. The Hall–Kier alpha value is -4.13. The van der Waals surface area contributed by atoms with E-state index in [0.717, 1.165) is 5.56 Å². The highest BCUT2D eigenvalue weighted by Gasteiger charge is 2.37. The largest absolute Gasteiger partial charge is 0.497 e. The van der Waals surface area contributed by atoms with Gasteiger partial charge in [-0.3, -0.25) is 19.8 Å². The van der Waals surface area contributed by atoms with Crippen LogP contribution in [0.1, 0.15) is 24.3 Å². The van der Waals surface area contributed by atoms with Crippen LogP contribution >= 0.6 is 0 Å². The standard InChI is InChI=1S/C24H20N2O5/c1-16-22(17-6-4-3-5-7-17)23(27)25(19-12-14-21(30-2)15-13-19)24(31-16)18-8-10-20(11-9-18)26(28)29/h3-15,24H,1-2H3. The van der Waals surface area contributed by atoms with Crippen LogP contribution in [0.3, 0.4) is 0 Å². The number of rotatable bonds is 5. The van der Waals surface area contributed by atoms with Crippen molar-refractivity contribution in [3.05, 3.63) is 106 Å². The van der Waals surface area contributed by atoms with Gasteiger partial charge in [0.2, 0.25) is 6.23 Å². The van der Waals surface area contributed by atoms with Gasteiger partial charge in [0.1, 0.15) is 11.5 Å². The Bertz CT molecular complexity index is 1140. The molecule has 4 rings (SSSR count). The van der Waals surface area contributed by atoms with Crippen molar-refractivity contribution in [2.75, 3.05) is 12.0 Å². The third-order valence-electron chi connectivity index (χ3n) is 5.11. The third-order valence-corrected chi connectivity index (χ3v) is 5.11. The fraction of sp³-hybridized carbons (Fsp3) is 0.125. The van der Waals surface area contributed by atoms with E-state index in [-0.39, 0.29) is 11.6 Å². The van der Waals surface area contributed by atoms with Crippen molar-refractivity contribution in [1.29, 1.82) is 0 Å². The number of allylic oxidation sites excluding steroid dienone is 1. The van der Waals surface area contributed by atoms with E-state index in [1.54, 1.807) is 55.3 Å². The quantitative estimate of drug-likeness (QED) is 0.427. The summed E-state index contributed by atoms with van der Waals surface area (Å²) in [6, 6.07) is 22.4. The molecule has 0 aromatic heterocycles. The lowest BCUT2D eigenvalue weighted by molar-refractivity contribution is -0.384. The highest BCUT2D eigenvalue weighted by Crippen LogP contribution is 2.40. The van der Waals surface area contributed by atoms with Crippen molar-refractivity contribution < 1.29 is 19.2 Å². The summed E-state index contributed by atoms with van der Waals surface area (Å²) in [6.07, 6.45) is -0.769. The molecule has 0 saturated carbocycles. The number of methoxy groups -OCH3 is 1. The second-order valence-corrected chi connectivity index (χ2v) is 6.99. The zero-order valence-electron chi connectivity index (χ0n) is 17.0. The number of carbonyl (C=O) groups excluding carboxylic acids is 1. The van der Waals surface area contributed by atoms with Crippen LogP contribution in [-0.4, -0.2) is 17.9 Å². The average molecular weight is 416 g/mol. The Balaban J connectivity index is 1.82. The van der Waals surface area contributed by atoms with E-state index in [1.165, 1.54) is 12.1 Å². The minimum Gasteiger partial charge on any atom is -0.497 e. The summed E-state index contributed by atoms with van der Waals surface area (Å²) < 4.78 is 11.4. The van der Waals surface area contributed by atoms with Crippen LogP contribution in [0.15, 0.2) is 84.6 Å². The van der Waals surface area contributed by atoms with Crippen LogP contribution in [0.5, 0.6) is 5.75 Å². The van der Waals surface area contributed by atoms with Gasteiger partial charge in [-0.05, 0) is 48.9 Å². The maximum atomic E-state index is 13.7. The van der Waals surface area contributed by atoms with E-state index in [4.69, 9.17) is 9.47 Å².